The van der Waals surface area contributed by atoms with Gasteiger partial charge in [-0.1, -0.05) is 11.6 Å². The number of nitrogens with one attached hydrogen (secondary N) is 1. The number of primary amides is 1. The fraction of sp³-hybridized carbons (Fsp3) is 0.267. The minimum Gasteiger partial charge on any atom is -0.399 e. The number of nitrogens with two attached hydrogens (primary N) is 2. The van der Waals surface area contributed by atoms with Gasteiger partial charge in [0.1, 0.15) is 0 Å². The number of anilines is 2. The van der Waals surface area contributed by atoms with E-state index in [1.807, 2.05) is 6.92 Å². The van der Waals surface area contributed by atoms with Gasteiger partial charge in [0.15, 0.2) is 0 Å². The van der Waals surface area contributed by atoms with Gasteiger partial charge in [0.05, 0.1) is 16.3 Å². The number of rotatable bonds is 5. The molecule has 0 saturated carbocycles. The standard InChI is InChI=1S/C15H18ClN3OS/c1-8(5-11-4-3-9(2)21-11)19-14-12(15(18)20)6-10(17)7-13(14)16/h3-4,6-8,19H,5,17H2,1-2H3,(H2,18,20). The molecule has 1 aromatic heterocycles. The van der Waals surface area contributed by atoms with Crippen LogP contribution in [0.25, 0.3) is 0 Å². The molecule has 1 unspecified atom stereocenters. The topological polar surface area (TPSA) is 81.1 Å². The van der Waals surface area contributed by atoms with Gasteiger partial charge in [0.2, 0.25) is 0 Å². The van der Waals surface area contributed by atoms with Crippen LogP contribution in [0.3, 0.4) is 0 Å². The summed E-state index contributed by atoms with van der Waals surface area (Å²) in [4.78, 5) is 14.1. The lowest BCUT2D eigenvalue weighted by molar-refractivity contribution is 0.100. The molecule has 1 atom stereocenters. The van der Waals surface area contributed by atoms with Gasteiger partial charge in [-0.15, -0.1) is 11.3 Å². The number of amides is 1. The fourth-order valence-electron chi connectivity index (χ4n) is 2.16. The van der Waals surface area contributed by atoms with Gasteiger partial charge < -0.3 is 16.8 Å². The maximum atomic E-state index is 11.5. The van der Waals surface area contributed by atoms with Crippen LogP contribution in [-0.4, -0.2) is 11.9 Å². The molecule has 5 N–H and O–H groups in total. The molecule has 6 heteroatoms. The van der Waals surface area contributed by atoms with E-state index in [-0.39, 0.29) is 6.04 Å². The largest absolute Gasteiger partial charge is 0.399 e. The first kappa shape index (κ1) is 15.7. The second kappa shape index (κ2) is 6.37. The zero-order valence-corrected chi connectivity index (χ0v) is 13.5. The molecule has 0 spiro atoms. The molecular formula is C15H18ClN3OS. The molecule has 1 heterocycles. The summed E-state index contributed by atoms with van der Waals surface area (Å²) in [7, 11) is 0. The van der Waals surface area contributed by atoms with Crippen LogP contribution >= 0.6 is 22.9 Å². The van der Waals surface area contributed by atoms with Crippen LogP contribution < -0.4 is 16.8 Å². The highest BCUT2D eigenvalue weighted by atomic mass is 35.5. The van der Waals surface area contributed by atoms with Crippen molar-refractivity contribution in [1.29, 1.82) is 0 Å². The van der Waals surface area contributed by atoms with E-state index in [1.165, 1.54) is 9.75 Å². The molecule has 1 aromatic carbocycles. The molecule has 112 valence electrons. The zero-order chi connectivity index (χ0) is 15.6. The summed E-state index contributed by atoms with van der Waals surface area (Å²) in [5.74, 6) is -0.550. The molecule has 0 aliphatic carbocycles. The Morgan fingerprint density at radius 1 is 1.43 bits per heavy atom. The molecule has 1 amide bonds. The summed E-state index contributed by atoms with van der Waals surface area (Å²) >= 11 is 7.94. The van der Waals surface area contributed by atoms with E-state index in [4.69, 9.17) is 23.1 Å². The lowest BCUT2D eigenvalue weighted by Gasteiger charge is -2.18. The smallest absolute Gasteiger partial charge is 0.250 e. The molecule has 4 nitrogen and oxygen atoms in total. The molecule has 2 aromatic rings. The molecule has 0 aliphatic rings. The highest BCUT2D eigenvalue weighted by Crippen LogP contribution is 2.30. The van der Waals surface area contributed by atoms with Gasteiger partial charge in [-0.25, -0.2) is 0 Å². The van der Waals surface area contributed by atoms with Gasteiger partial charge in [-0.3, -0.25) is 4.79 Å². The third-order valence-corrected chi connectivity index (χ3v) is 4.39. The number of thiophene rings is 1. The lowest BCUT2D eigenvalue weighted by Crippen LogP contribution is -2.22. The van der Waals surface area contributed by atoms with Crippen molar-refractivity contribution in [2.24, 2.45) is 5.73 Å². The van der Waals surface area contributed by atoms with Crippen LogP contribution in [0, 0.1) is 6.92 Å². The maximum absolute atomic E-state index is 11.5. The van der Waals surface area contributed by atoms with Gasteiger partial charge in [-0.05, 0) is 38.1 Å². The van der Waals surface area contributed by atoms with E-state index in [1.54, 1.807) is 23.5 Å². The van der Waals surface area contributed by atoms with Crippen molar-refractivity contribution >= 4 is 40.2 Å². The number of carbonyl (C=O) groups is 1. The van der Waals surface area contributed by atoms with Crippen molar-refractivity contribution in [2.45, 2.75) is 26.3 Å². The third kappa shape index (κ3) is 3.89. The van der Waals surface area contributed by atoms with Crippen molar-refractivity contribution in [3.63, 3.8) is 0 Å². The third-order valence-electron chi connectivity index (χ3n) is 3.07. The molecule has 0 aliphatic heterocycles. The van der Waals surface area contributed by atoms with Gasteiger partial charge >= 0.3 is 0 Å². The quantitative estimate of drug-likeness (QED) is 0.737. The van der Waals surface area contributed by atoms with E-state index < -0.39 is 5.91 Å². The Hall–Kier alpha value is -1.72. The van der Waals surface area contributed by atoms with Gasteiger partial charge in [0, 0.05) is 27.9 Å². The number of aryl methyl sites for hydroxylation is 1. The maximum Gasteiger partial charge on any atom is 0.250 e. The summed E-state index contributed by atoms with van der Waals surface area (Å²) in [6, 6.07) is 7.47. The summed E-state index contributed by atoms with van der Waals surface area (Å²) < 4.78 is 0. The summed E-state index contributed by atoms with van der Waals surface area (Å²) in [5.41, 5.74) is 12.4. The molecule has 0 fully saturated rings. The Kier molecular flexibility index (Phi) is 4.75. The Labute approximate surface area is 133 Å². The van der Waals surface area contributed by atoms with Gasteiger partial charge in [-0.2, -0.15) is 0 Å². The summed E-state index contributed by atoms with van der Waals surface area (Å²) in [6.07, 6.45) is 0.845. The number of hydrogen-bond acceptors (Lipinski definition) is 4. The Morgan fingerprint density at radius 3 is 2.71 bits per heavy atom. The number of halogens is 1. The summed E-state index contributed by atoms with van der Waals surface area (Å²) in [5, 5.41) is 3.66. The highest BCUT2D eigenvalue weighted by Gasteiger charge is 2.16. The van der Waals surface area contributed by atoms with Crippen LogP contribution in [-0.2, 0) is 6.42 Å². The minimum absolute atomic E-state index is 0.113. The average Bonchev–Trinajstić information content (AvgIpc) is 2.77. The minimum atomic E-state index is -0.550. The van der Waals surface area contributed by atoms with Crippen molar-refractivity contribution in [2.75, 3.05) is 11.1 Å². The first-order valence-electron chi connectivity index (χ1n) is 6.57. The number of benzene rings is 1. The van der Waals surface area contributed by atoms with E-state index in [0.717, 1.165) is 6.42 Å². The Morgan fingerprint density at radius 2 is 2.14 bits per heavy atom. The van der Waals surface area contributed by atoms with Crippen LogP contribution in [0.5, 0.6) is 0 Å². The van der Waals surface area contributed by atoms with Crippen molar-refractivity contribution in [3.8, 4) is 0 Å². The molecule has 0 radical (unpaired) electrons. The molecule has 0 saturated heterocycles. The predicted molar refractivity (Wildman–Crippen MR) is 90.2 cm³/mol. The fourth-order valence-corrected chi connectivity index (χ4v) is 3.46. The highest BCUT2D eigenvalue weighted by molar-refractivity contribution is 7.11. The molecular weight excluding hydrogens is 306 g/mol. The first-order valence-corrected chi connectivity index (χ1v) is 7.77. The second-order valence-electron chi connectivity index (χ2n) is 5.05. The second-order valence-corrected chi connectivity index (χ2v) is 6.83. The van der Waals surface area contributed by atoms with Crippen molar-refractivity contribution in [1.82, 2.24) is 0 Å². The van der Waals surface area contributed by atoms with Crippen LogP contribution in [0.2, 0.25) is 5.02 Å². The Bertz CT molecular complexity index is 669. The van der Waals surface area contributed by atoms with Crippen LogP contribution in [0.1, 0.15) is 27.0 Å². The van der Waals surface area contributed by atoms with E-state index in [9.17, 15) is 4.79 Å². The van der Waals surface area contributed by atoms with Crippen molar-refractivity contribution < 1.29 is 4.79 Å². The molecule has 2 rings (SSSR count). The zero-order valence-electron chi connectivity index (χ0n) is 11.9. The lowest BCUT2D eigenvalue weighted by atomic mass is 10.1. The average molecular weight is 324 g/mol. The molecule has 21 heavy (non-hydrogen) atoms. The normalized spacial score (nSPS) is 12.1. The Balaban J connectivity index is 2.20. The number of hydrogen-bond donors (Lipinski definition) is 3. The number of nitrogen functional groups attached to an aromatic ring is 1. The monoisotopic (exact) mass is 323 g/mol. The SMILES string of the molecule is Cc1ccc(CC(C)Nc2c(Cl)cc(N)cc2C(N)=O)s1. The van der Waals surface area contributed by atoms with Crippen LogP contribution in [0.15, 0.2) is 24.3 Å². The van der Waals surface area contributed by atoms with E-state index in [0.29, 0.717) is 22.0 Å². The van der Waals surface area contributed by atoms with Gasteiger partial charge in [0.25, 0.3) is 5.91 Å². The van der Waals surface area contributed by atoms with Crippen LogP contribution in [0.4, 0.5) is 11.4 Å². The first-order chi connectivity index (χ1) is 9.86. The number of carbonyl (C=O) groups excluding carboxylic acids is 1. The van der Waals surface area contributed by atoms with Crippen molar-refractivity contribution in [3.05, 3.63) is 44.6 Å². The van der Waals surface area contributed by atoms with E-state index >= 15 is 0 Å². The predicted octanol–water partition coefficient (Wildman–Crippen LogP) is 3.43. The molecule has 0 bridgehead atoms. The summed E-state index contributed by atoms with van der Waals surface area (Å²) in [6.45, 7) is 4.11. The van der Waals surface area contributed by atoms with E-state index in [2.05, 4.69) is 24.4 Å².